The molecule has 1 aliphatic carbocycles. The van der Waals surface area contributed by atoms with Crippen LogP contribution in [-0.4, -0.2) is 29.6 Å². The van der Waals surface area contributed by atoms with Crippen molar-refractivity contribution >= 4 is 21.4 Å². The van der Waals surface area contributed by atoms with Gasteiger partial charge in [-0.05, 0) is 19.8 Å². The summed E-state index contributed by atoms with van der Waals surface area (Å²) in [5.41, 5.74) is 2.77. The van der Waals surface area contributed by atoms with Crippen molar-refractivity contribution in [1.82, 2.24) is 25.2 Å². The molecule has 9 heteroatoms. The van der Waals surface area contributed by atoms with Gasteiger partial charge in [0.1, 0.15) is 4.90 Å². The van der Waals surface area contributed by atoms with Crippen molar-refractivity contribution in [2.45, 2.75) is 43.8 Å². The maximum atomic E-state index is 12.5. The van der Waals surface area contributed by atoms with E-state index >= 15 is 0 Å². The summed E-state index contributed by atoms with van der Waals surface area (Å²) in [6, 6.07) is 0.503. The average Bonchev–Trinajstić information content (AvgIpc) is 2.97. The summed E-state index contributed by atoms with van der Waals surface area (Å²) in [7, 11) is -3.59. The molecule has 0 unspecified atom stereocenters. The molecule has 1 aliphatic rings. The first-order valence-electron chi connectivity index (χ1n) is 6.70. The van der Waals surface area contributed by atoms with E-state index in [0.717, 1.165) is 17.7 Å². The largest absolute Gasteiger partial charge is 0.308 e. The number of sulfonamides is 1. The normalized spacial score (nSPS) is 15.5. The number of aryl methyl sites for hydroxylation is 1. The lowest BCUT2D eigenvalue weighted by Crippen LogP contribution is -2.25. The predicted octanol–water partition coefficient (Wildman–Crippen LogP) is 0.905. The third-order valence-corrected chi connectivity index (χ3v) is 5.67. The van der Waals surface area contributed by atoms with E-state index in [4.69, 9.17) is 0 Å². The van der Waals surface area contributed by atoms with Crippen molar-refractivity contribution < 1.29 is 8.42 Å². The Morgan fingerprint density at radius 1 is 1.43 bits per heavy atom. The summed E-state index contributed by atoms with van der Waals surface area (Å²) in [4.78, 5) is 5.05. The fraction of sp³-hybridized carbons (Fsp3) is 0.500. The number of rotatable bonds is 7. The minimum Gasteiger partial charge on any atom is -0.308 e. The molecular weight excluding hydrogens is 310 g/mol. The van der Waals surface area contributed by atoms with E-state index in [1.54, 1.807) is 18.6 Å². The Hall–Kier alpha value is -1.29. The molecule has 2 aromatic heterocycles. The lowest BCUT2D eigenvalue weighted by Gasteiger charge is -2.07. The van der Waals surface area contributed by atoms with Gasteiger partial charge >= 0.3 is 0 Å². The Morgan fingerprint density at radius 2 is 2.24 bits per heavy atom. The molecule has 3 N–H and O–H groups in total. The zero-order valence-corrected chi connectivity index (χ0v) is 13.2. The van der Waals surface area contributed by atoms with Crippen molar-refractivity contribution in [3.8, 4) is 0 Å². The molecule has 0 bridgehead atoms. The molecule has 0 radical (unpaired) electrons. The number of nitrogens with one attached hydrogen (secondary N) is 3. The van der Waals surface area contributed by atoms with Gasteiger partial charge in [0, 0.05) is 30.2 Å². The highest BCUT2D eigenvalue weighted by atomic mass is 32.2. The Morgan fingerprint density at radius 3 is 2.90 bits per heavy atom. The summed E-state index contributed by atoms with van der Waals surface area (Å²) in [5, 5.41) is 10.2. The predicted molar refractivity (Wildman–Crippen MR) is 79.3 cm³/mol. The zero-order valence-electron chi connectivity index (χ0n) is 11.6. The first-order chi connectivity index (χ1) is 10.1. The van der Waals surface area contributed by atoms with Gasteiger partial charge in [-0.2, -0.15) is 5.10 Å². The molecule has 2 heterocycles. The third kappa shape index (κ3) is 3.49. The molecule has 0 saturated heterocycles. The SMILES string of the molecule is Cc1[nH]nc(CNC2CC2)c1S(=O)(=O)NCc1cncs1. The van der Waals surface area contributed by atoms with Crippen LogP contribution in [0.2, 0.25) is 0 Å². The van der Waals surface area contributed by atoms with E-state index in [9.17, 15) is 8.42 Å². The number of hydrogen-bond acceptors (Lipinski definition) is 6. The van der Waals surface area contributed by atoms with Gasteiger partial charge in [0.2, 0.25) is 10.0 Å². The molecule has 3 rings (SSSR count). The summed E-state index contributed by atoms with van der Waals surface area (Å²) in [6.45, 7) is 2.42. The van der Waals surface area contributed by atoms with E-state index in [0.29, 0.717) is 24.0 Å². The van der Waals surface area contributed by atoms with Gasteiger partial charge in [0.25, 0.3) is 0 Å². The highest BCUT2D eigenvalue weighted by molar-refractivity contribution is 7.89. The van der Waals surface area contributed by atoms with Crippen molar-refractivity contribution in [2.75, 3.05) is 0 Å². The second-order valence-corrected chi connectivity index (χ2v) is 7.75. The van der Waals surface area contributed by atoms with Gasteiger partial charge in [0.15, 0.2) is 0 Å². The standard InChI is InChI=1S/C12H17N5O2S2/c1-8-12(11(17-16-8)6-14-9-2-3-9)21(18,19)15-5-10-4-13-7-20-10/h4,7,9,14-15H,2-3,5-6H2,1H3,(H,16,17). The van der Waals surface area contributed by atoms with Crippen molar-refractivity contribution in [3.05, 3.63) is 28.0 Å². The van der Waals surface area contributed by atoms with Gasteiger partial charge in [-0.25, -0.2) is 13.1 Å². The lowest BCUT2D eigenvalue weighted by atomic mass is 10.3. The number of nitrogens with zero attached hydrogens (tertiary/aromatic N) is 2. The summed E-state index contributed by atoms with van der Waals surface area (Å²) >= 11 is 1.42. The van der Waals surface area contributed by atoms with Crippen LogP contribution in [0.25, 0.3) is 0 Å². The van der Waals surface area contributed by atoms with E-state index < -0.39 is 10.0 Å². The molecule has 0 aromatic carbocycles. The fourth-order valence-corrected chi connectivity index (χ4v) is 4.03. The maximum Gasteiger partial charge on any atom is 0.244 e. The van der Waals surface area contributed by atoms with Crippen LogP contribution < -0.4 is 10.0 Å². The maximum absolute atomic E-state index is 12.5. The molecule has 1 saturated carbocycles. The van der Waals surface area contributed by atoms with Crippen LogP contribution in [0, 0.1) is 6.92 Å². The molecule has 114 valence electrons. The number of hydrogen-bond donors (Lipinski definition) is 3. The average molecular weight is 327 g/mol. The molecule has 0 amide bonds. The number of aromatic nitrogens is 3. The second-order valence-electron chi connectivity index (χ2n) is 5.07. The smallest absolute Gasteiger partial charge is 0.244 e. The molecule has 21 heavy (non-hydrogen) atoms. The van der Waals surface area contributed by atoms with Crippen LogP contribution in [0.15, 0.2) is 16.6 Å². The minimum atomic E-state index is -3.59. The van der Waals surface area contributed by atoms with Crippen LogP contribution >= 0.6 is 11.3 Å². The van der Waals surface area contributed by atoms with Crippen LogP contribution in [0.4, 0.5) is 0 Å². The molecule has 1 fully saturated rings. The first-order valence-corrected chi connectivity index (χ1v) is 9.07. The molecule has 2 aromatic rings. The van der Waals surface area contributed by atoms with Crippen LogP contribution in [0.5, 0.6) is 0 Å². The van der Waals surface area contributed by atoms with Gasteiger partial charge in [-0.1, -0.05) is 0 Å². The topological polar surface area (TPSA) is 99.8 Å². The Balaban J connectivity index is 1.75. The van der Waals surface area contributed by atoms with Crippen molar-refractivity contribution in [2.24, 2.45) is 0 Å². The summed E-state index contributed by atoms with van der Waals surface area (Å²) in [5.74, 6) is 0. The quantitative estimate of drug-likeness (QED) is 0.702. The highest BCUT2D eigenvalue weighted by Gasteiger charge is 2.26. The lowest BCUT2D eigenvalue weighted by molar-refractivity contribution is 0.577. The van der Waals surface area contributed by atoms with E-state index in [1.165, 1.54) is 11.3 Å². The Bertz CT molecular complexity index is 704. The Kier molecular flexibility index (Phi) is 4.07. The van der Waals surface area contributed by atoms with Crippen LogP contribution in [0.3, 0.4) is 0 Å². The number of aromatic amines is 1. The van der Waals surface area contributed by atoms with Gasteiger partial charge < -0.3 is 5.32 Å². The van der Waals surface area contributed by atoms with Crippen molar-refractivity contribution in [1.29, 1.82) is 0 Å². The fourth-order valence-electron chi connectivity index (χ4n) is 2.04. The molecular formula is C12H17N5O2S2. The van der Waals surface area contributed by atoms with E-state index in [2.05, 4.69) is 25.2 Å². The van der Waals surface area contributed by atoms with Gasteiger partial charge in [0.05, 0.1) is 16.9 Å². The molecule has 0 spiro atoms. The summed E-state index contributed by atoms with van der Waals surface area (Å²) < 4.78 is 27.6. The van der Waals surface area contributed by atoms with Crippen molar-refractivity contribution in [3.63, 3.8) is 0 Å². The van der Waals surface area contributed by atoms with E-state index in [1.807, 2.05) is 0 Å². The van der Waals surface area contributed by atoms with Crippen LogP contribution in [0.1, 0.15) is 29.1 Å². The van der Waals surface area contributed by atoms with E-state index in [-0.39, 0.29) is 11.4 Å². The zero-order chi connectivity index (χ0) is 14.9. The number of thiazole rings is 1. The summed E-state index contributed by atoms with van der Waals surface area (Å²) in [6.07, 6.45) is 3.95. The number of H-pyrrole nitrogens is 1. The highest BCUT2D eigenvalue weighted by Crippen LogP contribution is 2.22. The molecule has 7 nitrogen and oxygen atoms in total. The third-order valence-electron chi connectivity index (χ3n) is 3.29. The second kappa shape index (κ2) is 5.84. The minimum absolute atomic E-state index is 0.243. The molecule has 0 atom stereocenters. The van der Waals surface area contributed by atoms with Gasteiger partial charge in [-0.3, -0.25) is 10.1 Å². The van der Waals surface area contributed by atoms with Gasteiger partial charge in [-0.15, -0.1) is 11.3 Å². The first kappa shape index (κ1) is 14.6. The van der Waals surface area contributed by atoms with Crippen LogP contribution in [-0.2, 0) is 23.1 Å². The molecule has 0 aliphatic heterocycles. The Labute approximate surface area is 127 Å². The monoisotopic (exact) mass is 327 g/mol.